The van der Waals surface area contributed by atoms with Crippen LogP contribution in [0.4, 0.5) is 0 Å². The number of nitrogens with two attached hydrogens (primary N) is 1. The van der Waals surface area contributed by atoms with Crippen molar-refractivity contribution in [1.82, 2.24) is 0 Å². The fraction of sp³-hybridized carbons (Fsp3) is 0.500. The lowest BCUT2D eigenvalue weighted by molar-refractivity contribution is -0.117. The lowest BCUT2D eigenvalue weighted by Crippen LogP contribution is -2.08. The minimum atomic E-state index is -0.226. The first-order valence-electron chi connectivity index (χ1n) is 7.50. The average Bonchev–Trinajstić information content (AvgIpc) is 2.40. The van der Waals surface area contributed by atoms with E-state index in [0.717, 1.165) is 12.8 Å². The molecule has 1 aromatic rings. The molecule has 1 aromatic carbocycles. The molecule has 0 radical (unpaired) electrons. The summed E-state index contributed by atoms with van der Waals surface area (Å²) in [6.45, 7) is 8.61. The lowest BCUT2D eigenvalue weighted by atomic mass is 10.0. The number of carbonyl (C=O) groups is 1. The van der Waals surface area contributed by atoms with Gasteiger partial charge in [0.05, 0.1) is 0 Å². The minimum absolute atomic E-state index is 0.226. The van der Waals surface area contributed by atoms with E-state index in [2.05, 4.69) is 45.9 Å². The first-order valence-corrected chi connectivity index (χ1v) is 7.50. The number of allylic oxidation sites excluding steroid dienone is 2. The highest BCUT2D eigenvalue weighted by Crippen LogP contribution is 2.10. The SMILES string of the molecule is CCC=CCCC(N)=O.CCCc1ccc(C)c(C)c1. The van der Waals surface area contributed by atoms with Crippen molar-refractivity contribution in [2.75, 3.05) is 0 Å². The molecule has 0 bridgehead atoms. The molecule has 0 saturated heterocycles. The van der Waals surface area contributed by atoms with Gasteiger partial charge in [-0.05, 0) is 49.8 Å². The van der Waals surface area contributed by atoms with Gasteiger partial charge in [-0.1, -0.05) is 50.6 Å². The molecule has 0 fully saturated rings. The number of rotatable bonds is 6. The Balaban J connectivity index is 0.000000370. The first-order chi connectivity index (χ1) is 9.51. The van der Waals surface area contributed by atoms with Crippen LogP contribution in [-0.4, -0.2) is 5.91 Å². The highest BCUT2D eigenvalue weighted by atomic mass is 16.1. The van der Waals surface area contributed by atoms with Gasteiger partial charge in [0.25, 0.3) is 0 Å². The third-order valence-corrected chi connectivity index (χ3v) is 3.07. The second-order valence-electron chi connectivity index (χ2n) is 5.05. The summed E-state index contributed by atoms with van der Waals surface area (Å²) in [7, 11) is 0. The maximum Gasteiger partial charge on any atom is 0.217 e. The Hall–Kier alpha value is -1.57. The maximum atomic E-state index is 10.2. The van der Waals surface area contributed by atoms with Crippen LogP contribution < -0.4 is 5.73 Å². The van der Waals surface area contributed by atoms with Gasteiger partial charge >= 0.3 is 0 Å². The lowest BCUT2D eigenvalue weighted by Gasteiger charge is -2.02. The Kier molecular flexibility index (Phi) is 10.4. The molecule has 2 nitrogen and oxygen atoms in total. The topological polar surface area (TPSA) is 43.1 Å². The van der Waals surface area contributed by atoms with E-state index >= 15 is 0 Å². The summed E-state index contributed by atoms with van der Waals surface area (Å²) in [5, 5.41) is 0. The summed E-state index contributed by atoms with van der Waals surface area (Å²) < 4.78 is 0. The summed E-state index contributed by atoms with van der Waals surface area (Å²) in [6, 6.07) is 6.73. The molecular formula is C18H29NO. The van der Waals surface area contributed by atoms with Crippen LogP contribution in [-0.2, 0) is 11.2 Å². The normalized spacial score (nSPS) is 10.2. The second-order valence-corrected chi connectivity index (χ2v) is 5.05. The van der Waals surface area contributed by atoms with Crippen molar-refractivity contribution in [3.8, 4) is 0 Å². The molecule has 0 aliphatic rings. The molecule has 0 aromatic heterocycles. The number of benzene rings is 1. The zero-order valence-corrected chi connectivity index (χ0v) is 13.4. The summed E-state index contributed by atoms with van der Waals surface area (Å²) in [5.74, 6) is -0.226. The van der Waals surface area contributed by atoms with Crippen LogP contribution in [0.2, 0.25) is 0 Å². The van der Waals surface area contributed by atoms with E-state index in [4.69, 9.17) is 5.73 Å². The van der Waals surface area contributed by atoms with Crippen LogP contribution in [0.3, 0.4) is 0 Å². The van der Waals surface area contributed by atoms with E-state index in [1.54, 1.807) is 0 Å². The standard InChI is InChI=1S/C11H16.C7H13NO/c1-4-5-11-7-6-9(2)10(3)8-11;1-2-3-4-5-6-7(8)9/h6-8H,4-5H2,1-3H3;3-4H,2,5-6H2,1H3,(H2,8,9). The van der Waals surface area contributed by atoms with Crippen molar-refractivity contribution in [2.45, 2.75) is 59.8 Å². The van der Waals surface area contributed by atoms with E-state index < -0.39 is 0 Å². The first kappa shape index (κ1) is 18.4. The molecule has 0 saturated carbocycles. The molecule has 0 heterocycles. The van der Waals surface area contributed by atoms with Crippen LogP contribution in [0.25, 0.3) is 0 Å². The van der Waals surface area contributed by atoms with Gasteiger partial charge in [0.1, 0.15) is 0 Å². The van der Waals surface area contributed by atoms with Gasteiger partial charge in [-0.25, -0.2) is 0 Å². The number of hydrogen-bond acceptors (Lipinski definition) is 1. The molecule has 112 valence electrons. The summed E-state index contributed by atoms with van der Waals surface area (Å²) in [6.07, 6.45) is 8.73. The molecular weight excluding hydrogens is 246 g/mol. The zero-order chi connectivity index (χ0) is 15.4. The summed E-state index contributed by atoms with van der Waals surface area (Å²) >= 11 is 0. The Morgan fingerprint density at radius 1 is 1.15 bits per heavy atom. The van der Waals surface area contributed by atoms with Crippen molar-refractivity contribution in [3.63, 3.8) is 0 Å². The monoisotopic (exact) mass is 275 g/mol. The molecule has 2 N–H and O–H groups in total. The van der Waals surface area contributed by atoms with Gasteiger partial charge in [0.15, 0.2) is 0 Å². The molecule has 1 rings (SSSR count). The third kappa shape index (κ3) is 9.37. The molecule has 1 amide bonds. The molecule has 20 heavy (non-hydrogen) atoms. The largest absolute Gasteiger partial charge is 0.370 e. The zero-order valence-electron chi connectivity index (χ0n) is 13.4. The highest BCUT2D eigenvalue weighted by Gasteiger charge is 1.94. The van der Waals surface area contributed by atoms with E-state index in [1.165, 1.54) is 29.5 Å². The van der Waals surface area contributed by atoms with Crippen LogP contribution in [0.5, 0.6) is 0 Å². The smallest absolute Gasteiger partial charge is 0.217 e. The molecule has 0 spiro atoms. The van der Waals surface area contributed by atoms with Gasteiger partial charge in [0, 0.05) is 6.42 Å². The van der Waals surface area contributed by atoms with Crippen molar-refractivity contribution in [1.29, 1.82) is 0 Å². The van der Waals surface area contributed by atoms with E-state index in [-0.39, 0.29) is 5.91 Å². The highest BCUT2D eigenvalue weighted by molar-refractivity contribution is 5.73. The number of amides is 1. The van der Waals surface area contributed by atoms with Crippen LogP contribution >= 0.6 is 0 Å². The fourth-order valence-electron chi connectivity index (χ4n) is 1.76. The molecule has 2 heteroatoms. The van der Waals surface area contributed by atoms with Gasteiger partial charge in [-0.2, -0.15) is 0 Å². The molecule has 0 aliphatic carbocycles. The van der Waals surface area contributed by atoms with Crippen LogP contribution in [0.1, 0.15) is 56.2 Å². The van der Waals surface area contributed by atoms with E-state index in [1.807, 2.05) is 12.2 Å². The Bertz CT molecular complexity index is 421. The van der Waals surface area contributed by atoms with Crippen LogP contribution in [0.15, 0.2) is 30.4 Å². The molecule has 0 aliphatic heterocycles. The predicted molar refractivity (Wildman–Crippen MR) is 87.8 cm³/mol. The van der Waals surface area contributed by atoms with Gasteiger partial charge in [0.2, 0.25) is 5.91 Å². The number of aryl methyl sites for hydroxylation is 3. The Labute approximate surface area is 124 Å². The maximum absolute atomic E-state index is 10.2. The van der Waals surface area contributed by atoms with E-state index in [9.17, 15) is 4.79 Å². The van der Waals surface area contributed by atoms with Gasteiger partial charge in [-0.3, -0.25) is 4.79 Å². The van der Waals surface area contributed by atoms with Crippen LogP contribution in [0, 0.1) is 13.8 Å². The number of primary amides is 1. The number of hydrogen-bond donors (Lipinski definition) is 1. The summed E-state index contributed by atoms with van der Waals surface area (Å²) in [4.78, 5) is 10.2. The minimum Gasteiger partial charge on any atom is -0.370 e. The van der Waals surface area contributed by atoms with E-state index in [0.29, 0.717) is 6.42 Å². The summed E-state index contributed by atoms with van der Waals surface area (Å²) in [5.41, 5.74) is 9.18. The van der Waals surface area contributed by atoms with Gasteiger partial charge in [-0.15, -0.1) is 0 Å². The quantitative estimate of drug-likeness (QED) is 0.764. The van der Waals surface area contributed by atoms with Gasteiger partial charge < -0.3 is 5.73 Å². The van der Waals surface area contributed by atoms with Crippen molar-refractivity contribution in [2.24, 2.45) is 5.73 Å². The number of carbonyl (C=O) groups excluding carboxylic acids is 1. The van der Waals surface area contributed by atoms with Crippen molar-refractivity contribution < 1.29 is 4.79 Å². The molecule has 0 unspecified atom stereocenters. The molecule has 0 atom stereocenters. The fourth-order valence-corrected chi connectivity index (χ4v) is 1.76. The average molecular weight is 275 g/mol. The van der Waals surface area contributed by atoms with Crippen molar-refractivity contribution >= 4 is 5.91 Å². The Morgan fingerprint density at radius 2 is 1.85 bits per heavy atom. The third-order valence-electron chi connectivity index (χ3n) is 3.07. The second kappa shape index (κ2) is 11.3. The van der Waals surface area contributed by atoms with Crippen molar-refractivity contribution in [3.05, 3.63) is 47.0 Å². The Morgan fingerprint density at radius 3 is 2.35 bits per heavy atom. The predicted octanol–water partition coefficient (Wildman–Crippen LogP) is 4.47.